The molecule has 2 aliphatic rings. The van der Waals surface area contributed by atoms with Crippen molar-refractivity contribution < 1.29 is 38.2 Å². The number of nitrogens with one attached hydrogen (secondary N) is 1. The molecule has 5 N–H and O–H groups in total. The molecular weight excluding hydrogens is 476 g/mol. The summed E-state index contributed by atoms with van der Waals surface area (Å²) in [5.74, 6) is 4.96. The molecule has 15 heteroatoms. The molecule has 0 spiro atoms. The van der Waals surface area contributed by atoms with Crippen molar-refractivity contribution in [3.63, 3.8) is 0 Å². The van der Waals surface area contributed by atoms with E-state index in [1.165, 1.54) is 13.4 Å². The molecule has 2 fully saturated rings. The van der Waals surface area contributed by atoms with Gasteiger partial charge in [-0.05, 0) is 24.7 Å². The first-order chi connectivity index (χ1) is 15.4. The smallest absolute Gasteiger partial charge is 0.329 e. The van der Waals surface area contributed by atoms with Gasteiger partial charge in [-0.25, -0.2) is 15.0 Å². The number of methoxy groups -OCH3 is 1. The molecule has 0 bridgehead atoms. The maximum atomic E-state index is 12.2. The van der Waals surface area contributed by atoms with Gasteiger partial charge < -0.3 is 34.2 Å². The number of hydrogen-bond acceptors (Lipinski definition) is 8. The minimum absolute atomic E-state index is 0.0304. The Morgan fingerprint density at radius 1 is 1.33 bits per heavy atom. The zero-order chi connectivity index (χ0) is 24.2. The minimum Gasteiger partial charge on any atom is -0.468 e. The average molecular weight is 499 g/mol. The van der Waals surface area contributed by atoms with Crippen LogP contribution < -0.4 is 5.32 Å². The molecule has 2 aliphatic carbocycles. The molecule has 4 atom stereocenters. The number of anilines is 1. The monoisotopic (exact) mass is 499 g/mol. The summed E-state index contributed by atoms with van der Waals surface area (Å²) in [5, 5.41) is 2.90. The van der Waals surface area contributed by atoms with E-state index in [4.69, 9.17) is 0 Å². The molecule has 13 nitrogen and oxygen atoms in total. The van der Waals surface area contributed by atoms with Crippen LogP contribution in [0.3, 0.4) is 0 Å². The lowest BCUT2D eigenvalue weighted by atomic mass is 10.1. The van der Waals surface area contributed by atoms with E-state index < -0.39 is 44.4 Å². The summed E-state index contributed by atoms with van der Waals surface area (Å²) in [6.07, 6.45) is 1.08. The van der Waals surface area contributed by atoms with E-state index in [-0.39, 0.29) is 31.0 Å². The number of aromatic nitrogens is 4. The van der Waals surface area contributed by atoms with Crippen molar-refractivity contribution >= 4 is 38.1 Å². The number of hydrogen-bond donors (Lipinski definition) is 5. The van der Waals surface area contributed by atoms with Gasteiger partial charge in [-0.2, -0.15) is 0 Å². The molecule has 2 heterocycles. The van der Waals surface area contributed by atoms with Crippen molar-refractivity contribution in [1.82, 2.24) is 19.5 Å². The normalized spacial score (nSPS) is 26.4. The third-order valence-electron chi connectivity index (χ3n) is 6.35. The van der Waals surface area contributed by atoms with Crippen LogP contribution in [0.15, 0.2) is 6.33 Å². The predicted octanol–water partition coefficient (Wildman–Crippen LogP) is 0.458. The number of carbonyl (C=O) groups is 1. The standard InChI is InChI=1S/C18H23N5O8P2/c1-19-16-15-17(22-13(21-16)4-3-5-14(24)31-2)23(9-20-15)11-6-12(33(28,29)30)18(7-10(11)18)8-32(25,26)27/h9-12H,5-8H2,1-2H3,(H,19,21,22)(H2,25,26,27)(H2,28,29,30). The van der Waals surface area contributed by atoms with E-state index in [9.17, 15) is 33.5 Å². The highest BCUT2D eigenvalue weighted by Crippen LogP contribution is 2.77. The Morgan fingerprint density at radius 3 is 2.67 bits per heavy atom. The maximum absolute atomic E-state index is 12.2. The first-order valence-corrected chi connectivity index (χ1v) is 13.5. The van der Waals surface area contributed by atoms with Crippen LogP contribution in [0, 0.1) is 23.2 Å². The van der Waals surface area contributed by atoms with Crippen molar-refractivity contribution in [2.75, 3.05) is 25.6 Å². The highest BCUT2D eigenvalue weighted by molar-refractivity contribution is 7.53. The Balaban J connectivity index is 1.74. The number of esters is 1. The summed E-state index contributed by atoms with van der Waals surface area (Å²) in [4.78, 5) is 63.3. The van der Waals surface area contributed by atoms with Crippen LogP contribution >= 0.6 is 15.2 Å². The zero-order valence-corrected chi connectivity index (χ0v) is 19.5. The molecular formula is C18H23N5O8P2. The summed E-state index contributed by atoms with van der Waals surface area (Å²) in [5.41, 5.74) is -1.53. The Hall–Kier alpha value is -2.32. The van der Waals surface area contributed by atoms with Gasteiger partial charge in [0, 0.05) is 18.5 Å². The van der Waals surface area contributed by atoms with E-state index >= 15 is 0 Å². The van der Waals surface area contributed by atoms with Crippen LogP contribution in [-0.4, -0.2) is 71.0 Å². The highest BCUT2D eigenvalue weighted by atomic mass is 31.2. The summed E-state index contributed by atoms with van der Waals surface area (Å²) in [6, 6.07) is -0.463. The van der Waals surface area contributed by atoms with Gasteiger partial charge in [-0.15, -0.1) is 0 Å². The molecule has 33 heavy (non-hydrogen) atoms. The fourth-order valence-corrected chi connectivity index (χ4v) is 8.03. The van der Waals surface area contributed by atoms with Crippen LogP contribution in [0.1, 0.15) is 31.1 Å². The van der Waals surface area contributed by atoms with Gasteiger partial charge in [0.05, 0.1) is 25.3 Å². The van der Waals surface area contributed by atoms with E-state index in [1.807, 2.05) is 0 Å². The van der Waals surface area contributed by atoms with Crippen LogP contribution in [0.4, 0.5) is 5.82 Å². The SMILES string of the molecule is CNc1nc(C#CCC(=O)OC)nc2c1ncn2C1CC(P(=O)(O)O)C2(CP(=O)(O)O)CC12. The van der Waals surface area contributed by atoms with Gasteiger partial charge in [0.1, 0.15) is 6.42 Å². The van der Waals surface area contributed by atoms with E-state index in [0.717, 1.165) is 0 Å². The van der Waals surface area contributed by atoms with Crippen molar-refractivity contribution in [1.29, 1.82) is 0 Å². The van der Waals surface area contributed by atoms with Gasteiger partial charge in [0.15, 0.2) is 17.0 Å². The third kappa shape index (κ3) is 4.43. The number of carbonyl (C=O) groups excluding carboxylic acids is 1. The van der Waals surface area contributed by atoms with E-state index in [0.29, 0.717) is 17.0 Å². The first kappa shape index (κ1) is 23.8. The summed E-state index contributed by atoms with van der Waals surface area (Å²) >= 11 is 0. The summed E-state index contributed by atoms with van der Waals surface area (Å²) < 4.78 is 30.2. The molecule has 2 aromatic rings. The highest BCUT2D eigenvalue weighted by Gasteiger charge is 2.72. The molecule has 178 valence electrons. The molecule has 0 saturated heterocycles. The summed E-state index contributed by atoms with van der Waals surface area (Å²) in [7, 11) is -6.23. The average Bonchev–Trinajstić information content (AvgIpc) is 3.09. The van der Waals surface area contributed by atoms with Crippen molar-refractivity contribution in [2.45, 2.75) is 31.0 Å². The fraction of sp³-hybridized carbons (Fsp3) is 0.556. The van der Waals surface area contributed by atoms with Crippen LogP contribution in [0.5, 0.6) is 0 Å². The molecule has 0 aromatic carbocycles. The van der Waals surface area contributed by atoms with E-state index in [2.05, 4.69) is 36.8 Å². The van der Waals surface area contributed by atoms with Gasteiger partial charge >= 0.3 is 21.2 Å². The Labute approximate surface area is 188 Å². The number of rotatable bonds is 6. The maximum Gasteiger partial charge on any atom is 0.329 e. The summed E-state index contributed by atoms with van der Waals surface area (Å²) in [6.45, 7) is 0. The van der Waals surface area contributed by atoms with Gasteiger partial charge in [-0.3, -0.25) is 13.9 Å². The fourth-order valence-electron chi connectivity index (χ4n) is 4.99. The first-order valence-electron chi connectivity index (χ1n) is 9.97. The molecule has 0 aliphatic heterocycles. The van der Waals surface area contributed by atoms with Crippen molar-refractivity contribution in [3.05, 3.63) is 12.2 Å². The van der Waals surface area contributed by atoms with Gasteiger partial charge in [0.25, 0.3) is 0 Å². The van der Waals surface area contributed by atoms with Crippen LogP contribution in [0.25, 0.3) is 11.2 Å². The second-order valence-electron chi connectivity index (χ2n) is 8.30. The number of ether oxygens (including phenoxy) is 1. The lowest BCUT2D eigenvalue weighted by Gasteiger charge is -2.24. The zero-order valence-electron chi connectivity index (χ0n) is 17.7. The van der Waals surface area contributed by atoms with E-state index in [1.54, 1.807) is 11.6 Å². The molecule has 0 amide bonds. The number of imidazole rings is 1. The van der Waals surface area contributed by atoms with Crippen molar-refractivity contribution in [2.24, 2.45) is 11.3 Å². The Bertz CT molecular complexity index is 1270. The molecule has 2 aromatic heterocycles. The number of nitrogens with zero attached hydrogens (tertiary/aromatic N) is 4. The molecule has 0 radical (unpaired) electrons. The lowest BCUT2D eigenvalue weighted by molar-refractivity contribution is -0.139. The topological polar surface area (TPSA) is 197 Å². The minimum atomic E-state index is -4.62. The molecule has 4 unspecified atom stereocenters. The van der Waals surface area contributed by atoms with Gasteiger partial charge in [-0.1, -0.05) is 5.92 Å². The second kappa shape index (κ2) is 8.17. The largest absolute Gasteiger partial charge is 0.468 e. The predicted molar refractivity (Wildman–Crippen MR) is 115 cm³/mol. The van der Waals surface area contributed by atoms with Crippen LogP contribution in [0.2, 0.25) is 0 Å². The number of fused-ring (bicyclic) bond motifs is 2. The van der Waals surface area contributed by atoms with Crippen LogP contribution in [-0.2, 0) is 18.7 Å². The molecule has 2 saturated carbocycles. The Kier molecular flexibility index (Phi) is 5.90. The van der Waals surface area contributed by atoms with Crippen molar-refractivity contribution in [3.8, 4) is 11.8 Å². The second-order valence-corrected chi connectivity index (χ2v) is 11.7. The van der Waals surface area contributed by atoms with Gasteiger partial charge in [0.2, 0.25) is 5.82 Å². The molecule has 4 rings (SSSR count). The lowest BCUT2D eigenvalue weighted by Crippen LogP contribution is -2.23. The third-order valence-corrected chi connectivity index (χ3v) is 8.89. The quantitative estimate of drug-likeness (QED) is 0.209. The Morgan fingerprint density at radius 2 is 2.06 bits per heavy atom.